The molecule has 2 aromatic carbocycles. The average Bonchev–Trinajstić information content (AvgIpc) is 2.77. The highest BCUT2D eigenvalue weighted by molar-refractivity contribution is 7.80. The lowest BCUT2D eigenvalue weighted by Gasteiger charge is -2.26. The second-order valence-electron chi connectivity index (χ2n) is 4.84. The Morgan fingerprint density at radius 3 is 2.35 bits per heavy atom. The zero-order chi connectivity index (χ0) is 14.2. The number of nitrogens with one attached hydrogen (secondary N) is 2. The van der Waals surface area contributed by atoms with E-state index in [4.69, 9.17) is 12.2 Å². The third kappa shape index (κ3) is 2.26. The molecule has 0 aliphatic carbocycles. The SMILES string of the molecule is C[C@]1(c2ccc(F)cc2)NC(=S)N(c2ccccc2)N1. The van der Waals surface area contributed by atoms with Crippen LogP contribution in [-0.4, -0.2) is 5.11 Å². The summed E-state index contributed by atoms with van der Waals surface area (Å²) in [6, 6.07) is 16.2. The van der Waals surface area contributed by atoms with Crippen LogP contribution in [0, 0.1) is 5.82 Å². The summed E-state index contributed by atoms with van der Waals surface area (Å²) in [4.78, 5) is 0. The first-order valence-electron chi connectivity index (χ1n) is 6.30. The number of hydrogen-bond acceptors (Lipinski definition) is 2. The molecule has 2 aromatic rings. The Bertz CT molecular complexity index is 629. The fourth-order valence-corrected chi connectivity index (χ4v) is 2.61. The second-order valence-corrected chi connectivity index (χ2v) is 5.23. The molecule has 20 heavy (non-hydrogen) atoms. The van der Waals surface area contributed by atoms with Crippen molar-refractivity contribution in [2.24, 2.45) is 0 Å². The minimum atomic E-state index is -0.555. The van der Waals surface area contributed by atoms with E-state index in [1.165, 1.54) is 12.1 Å². The zero-order valence-electron chi connectivity index (χ0n) is 10.9. The summed E-state index contributed by atoms with van der Waals surface area (Å²) in [5.41, 5.74) is 4.64. The highest BCUT2D eigenvalue weighted by atomic mass is 32.1. The first-order valence-corrected chi connectivity index (χ1v) is 6.70. The van der Waals surface area contributed by atoms with Crippen molar-refractivity contribution in [3.63, 3.8) is 0 Å². The number of hydrogen-bond donors (Lipinski definition) is 2. The predicted molar refractivity (Wildman–Crippen MR) is 81.5 cm³/mol. The predicted octanol–water partition coefficient (Wildman–Crippen LogP) is 2.90. The van der Waals surface area contributed by atoms with Gasteiger partial charge in [0.15, 0.2) is 5.11 Å². The number of thiocarbonyl (C=S) groups is 1. The molecular weight excluding hydrogens is 273 g/mol. The van der Waals surface area contributed by atoms with Gasteiger partial charge in [-0.25, -0.2) is 9.40 Å². The summed E-state index contributed by atoms with van der Waals surface area (Å²) in [6.45, 7) is 1.97. The number of hydrazine groups is 1. The first-order chi connectivity index (χ1) is 9.58. The van der Waals surface area contributed by atoms with Gasteiger partial charge in [-0.3, -0.25) is 0 Å². The number of rotatable bonds is 2. The molecule has 0 aromatic heterocycles. The topological polar surface area (TPSA) is 27.3 Å². The van der Waals surface area contributed by atoms with Gasteiger partial charge < -0.3 is 5.32 Å². The van der Waals surface area contributed by atoms with Crippen molar-refractivity contribution < 1.29 is 4.39 Å². The summed E-state index contributed by atoms with van der Waals surface area (Å²) < 4.78 is 13.0. The van der Waals surface area contributed by atoms with Crippen molar-refractivity contribution in [3.8, 4) is 0 Å². The molecule has 3 nitrogen and oxygen atoms in total. The van der Waals surface area contributed by atoms with Crippen LogP contribution in [0.5, 0.6) is 0 Å². The van der Waals surface area contributed by atoms with Gasteiger partial charge in [0.2, 0.25) is 0 Å². The smallest absolute Gasteiger partial charge is 0.190 e. The largest absolute Gasteiger partial charge is 0.338 e. The minimum absolute atomic E-state index is 0.252. The van der Waals surface area contributed by atoms with Crippen molar-refractivity contribution in [3.05, 3.63) is 66.0 Å². The van der Waals surface area contributed by atoms with Crippen molar-refractivity contribution in [2.45, 2.75) is 12.6 Å². The number of halogens is 1. The van der Waals surface area contributed by atoms with Crippen molar-refractivity contribution in [1.82, 2.24) is 10.7 Å². The first kappa shape index (κ1) is 13.0. The molecule has 1 heterocycles. The van der Waals surface area contributed by atoms with Crippen molar-refractivity contribution in [1.29, 1.82) is 0 Å². The van der Waals surface area contributed by atoms with E-state index in [-0.39, 0.29) is 5.82 Å². The maximum Gasteiger partial charge on any atom is 0.190 e. The molecule has 1 saturated heterocycles. The number of anilines is 1. The standard InChI is InChI=1S/C15H14FN3S/c1-15(11-7-9-12(16)10-8-11)17-14(20)19(18-15)13-5-3-2-4-6-13/h2-10,18H,1H3,(H,17,20)/t15-/m0/s1. The molecule has 0 bridgehead atoms. The Labute approximate surface area is 122 Å². The van der Waals surface area contributed by atoms with E-state index in [9.17, 15) is 4.39 Å². The van der Waals surface area contributed by atoms with Gasteiger partial charge in [-0.15, -0.1) is 0 Å². The molecule has 1 aliphatic rings. The molecule has 0 radical (unpaired) electrons. The van der Waals surface area contributed by atoms with Crippen molar-refractivity contribution >= 4 is 23.0 Å². The lowest BCUT2D eigenvalue weighted by Crippen LogP contribution is -2.45. The van der Waals surface area contributed by atoms with Crippen LogP contribution >= 0.6 is 12.2 Å². The Morgan fingerprint density at radius 2 is 1.70 bits per heavy atom. The van der Waals surface area contributed by atoms with E-state index in [1.807, 2.05) is 42.3 Å². The van der Waals surface area contributed by atoms with Crippen LogP contribution < -0.4 is 15.8 Å². The summed E-state index contributed by atoms with van der Waals surface area (Å²) in [7, 11) is 0. The van der Waals surface area contributed by atoms with Crippen LogP contribution in [0.2, 0.25) is 0 Å². The summed E-state index contributed by atoms with van der Waals surface area (Å²) in [5, 5.41) is 5.64. The fourth-order valence-electron chi connectivity index (χ4n) is 2.25. The van der Waals surface area contributed by atoms with E-state index in [1.54, 1.807) is 12.1 Å². The van der Waals surface area contributed by atoms with E-state index < -0.39 is 5.66 Å². The van der Waals surface area contributed by atoms with Crippen LogP contribution in [0.15, 0.2) is 54.6 Å². The number of nitrogens with zero attached hydrogens (tertiary/aromatic N) is 1. The quantitative estimate of drug-likeness (QED) is 0.831. The Morgan fingerprint density at radius 1 is 1.05 bits per heavy atom. The third-order valence-electron chi connectivity index (χ3n) is 3.33. The van der Waals surface area contributed by atoms with Crippen LogP contribution in [0.25, 0.3) is 0 Å². The van der Waals surface area contributed by atoms with Gasteiger partial charge >= 0.3 is 0 Å². The average molecular weight is 287 g/mol. The van der Waals surface area contributed by atoms with Gasteiger partial charge in [-0.2, -0.15) is 5.43 Å². The summed E-state index contributed by atoms with van der Waals surface area (Å²) in [6.07, 6.45) is 0. The molecule has 0 unspecified atom stereocenters. The number of benzene rings is 2. The van der Waals surface area contributed by atoms with Crippen LogP contribution in [0.3, 0.4) is 0 Å². The highest BCUT2D eigenvalue weighted by Crippen LogP contribution is 2.26. The summed E-state index contributed by atoms with van der Waals surface area (Å²) in [5.74, 6) is -0.252. The van der Waals surface area contributed by atoms with E-state index in [2.05, 4.69) is 10.7 Å². The van der Waals surface area contributed by atoms with Gasteiger partial charge in [-0.1, -0.05) is 30.3 Å². The molecule has 0 amide bonds. The number of para-hydroxylation sites is 1. The third-order valence-corrected chi connectivity index (χ3v) is 3.62. The molecule has 1 aliphatic heterocycles. The van der Waals surface area contributed by atoms with Crippen LogP contribution in [0.1, 0.15) is 12.5 Å². The molecule has 2 N–H and O–H groups in total. The highest BCUT2D eigenvalue weighted by Gasteiger charge is 2.37. The van der Waals surface area contributed by atoms with Gasteiger partial charge in [0.25, 0.3) is 0 Å². The fraction of sp³-hybridized carbons (Fsp3) is 0.133. The molecular formula is C15H14FN3S. The van der Waals surface area contributed by atoms with E-state index in [0.717, 1.165) is 11.3 Å². The Balaban J connectivity index is 1.91. The molecule has 0 spiro atoms. The molecule has 1 atom stereocenters. The van der Waals surface area contributed by atoms with Crippen molar-refractivity contribution in [2.75, 3.05) is 5.01 Å². The summed E-state index contributed by atoms with van der Waals surface area (Å²) >= 11 is 5.38. The van der Waals surface area contributed by atoms with Gasteiger partial charge in [0.05, 0.1) is 5.69 Å². The molecule has 3 rings (SSSR count). The molecule has 1 fully saturated rings. The zero-order valence-corrected chi connectivity index (χ0v) is 11.7. The Kier molecular flexibility index (Phi) is 3.16. The monoisotopic (exact) mass is 287 g/mol. The lowest BCUT2D eigenvalue weighted by atomic mass is 10.0. The second kappa shape index (κ2) is 4.85. The maximum absolute atomic E-state index is 13.0. The van der Waals surface area contributed by atoms with Gasteiger partial charge in [-0.05, 0) is 49.0 Å². The van der Waals surface area contributed by atoms with Gasteiger partial charge in [0, 0.05) is 0 Å². The molecule has 5 heteroatoms. The van der Waals surface area contributed by atoms with E-state index in [0.29, 0.717) is 5.11 Å². The van der Waals surface area contributed by atoms with Crippen LogP contribution in [-0.2, 0) is 5.66 Å². The van der Waals surface area contributed by atoms with Crippen LogP contribution in [0.4, 0.5) is 10.1 Å². The minimum Gasteiger partial charge on any atom is -0.338 e. The van der Waals surface area contributed by atoms with Gasteiger partial charge in [0.1, 0.15) is 11.5 Å². The lowest BCUT2D eigenvalue weighted by molar-refractivity contribution is 0.389. The molecule has 102 valence electrons. The Hall–Kier alpha value is -1.98. The normalized spacial score (nSPS) is 21.9. The molecule has 0 saturated carbocycles. The maximum atomic E-state index is 13.0. The van der Waals surface area contributed by atoms with E-state index >= 15 is 0 Å².